The molecular formula is C75H105N17O26. The van der Waals surface area contributed by atoms with Crippen LogP contribution in [0.4, 0.5) is 5.69 Å². The fourth-order valence-electron chi connectivity index (χ4n) is 12.9. The van der Waals surface area contributed by atoms with Crippen molar-refractivity contribution < 1.29 is 126 Å². The molecule has 0 unspecified atom stereocenters. The number of amides is 14. The van der Waals surface area contributed by atoms with E-state index in [1.807, 2.05) is 16.0 Å². The average molecular weight is 1660 g/mol. The molecule has 0 spiro atoms. The Morgan fingerprint density at radius 3 is 1.63 bits per heavy atom. The van der Waals surface area contributed by atoms with E-state index >= 15 is 0 Å². The molecular weight excluding hydrogens is 1550 g/mol. The third-order valence-electron chi connectivity index (χ3n) is 19.3. The monoisotopic (exact) mass is 1660 g/mol. The highest BCUT2D eigenvalue weighted by Gasteiger charge is 2.41. The number of carboxylic acids is 4. The van der Waals surface area contributed by atoms with Crippen LogP contribution >= 0.6 is 0 Å². The smallest absolute Gasteiger partial charge is 0.329 e. The molecule has 43 nitrogen and oxygen atoms in total. The number of ether oxygens (including phenoxy) is 1. The molecule has 1 aromatic heterocycles. The average Bonchev–Trinajstić information content (AvgIpc) is 1.61. The third kappa shape index (κ3) is 31.8. The van der Waals surface area contributed by atoms with Gasteiger partial charge in [0.25, 0.3) is 0 Å². The number of Topliss-reactive ketones (excluding diaryl/α,β-unsaturated/α-hetero) is 1. The molecule has 25 N–H and O–H groups in total. The third-order valence-corrected chi connectivity index (χ3v) is 19.3. The van der Waals surface area contributed by atoms with Gasteiger partial charge in [0.2, 0.25) is 82.7 Å². The summed E-state index contributed by atoms with van der Waals surface area (Å²) in [6.07, 6.45) is 1.02. The largest absolute Gasteiger partial charge is 0.481 e. The van der Waals surface area contributed by atoms with Gasteiger partial charge in [-0.25, -0.2) is 4.79 Å². The number of hydrogen-bond acceptors (Lipinski definition) is 24. The summed E-state index contributed by atoms with van der Waals surface area (Å²) in [5.74, 6) is -30.1. The van der Waals surface area contributed by atoms with Gasteiger partial charge in [0.1, 0.15) is 72.6 Å². The van der Waals surface area contributed by atoms with E-state index in [4.69, 9.17) is 21.9 Å². The molecule has 1 saturated heterocycles. The lowest BCUT2D eigenvalue weighted by atomic mass is 9.91. The summed E-state index contributed by atoms with van der Waals surface area (Å²) in [6.45, 7) is -0.933. The number of aliphatic hydroxyl groups is 1. The van der Waals surface area contributed by atoms with E-state index in [0.717, 1.165) is 78.6 Å². The summed E-state index contributed by atoms with van der Waals surface area (Å²) in [4.78, 5) is 278. The maximum Gasteiger partial charge on any atom is 0.329 e. The van der Waals surface area contributed by atoms with Crippen molar-refractivity contribution >= 4 is 135 Å². The molecule has 646 valence electrons. The molecule has 2 heterocycles. The standard InChI is InChI=1S/C75H105N17O26/c1-37(26-58(98)99)62-74(116)90-52(28-54(94)43-21-13-15-22-44(43)77)75(117)118-39(3)63(73(115)81-35-56(96)83-46(24-17-25-76)67(109)88-50(31-60(102)103)68(110)82-38(2)64(106)85-49(30-59(100)101)66(108)80-34-57(97)84-53(36-93)72(114)91-62)92-71(113)51(32-61(104)105)89-70(112)48(29-55(78)95)87-69(111)47(27-41-33-79-45-23-16-14-20-42(41)45)86-65(107)40-18-11-9-7-5-4-6-8-10-12-19-40/h13-16,20-23,33,37-40,46-53,62-63,79,93H,4-12,17-19,24-32,34-36,76-77H2,1-3H3,(H2,78,95)(H,80,108)(H,81,115)(H,82,110)(H,83,96)(H,84,97)(H,85,106)(H,86,107)(H,87,111)(H,88,109)(H,89,112)(H,90,116)(H,91,114)(H,92,113)(H,98,99)(H,100,101)(H,102,103)(H,104,105)/t37-,38-,39-,46+,47+,48-,49+,50+,51+,52+,53-,62+,63+/m1/s1. The van der Waals surface area contributed by atoms with Gasteiger partial charge in [0.15, 0.2) is 5.78 Å². The zero-order valence-electron chi connectivity index (χ0n) is 65.3. The van der Waals surface area contributed by atoms with Crippen molar-refractivity contribution in [3.63, 3.8) is 0 Å². The van der Waals surface area contributed by atoms with Gasteiger partial charge >= 0.3 is 29.8 Å². The van der Waals surface area contributed by atoms with E-state index in [2.05, 4.69) is 58.2 Å². The predicted octanol–water partition coefficient (Wildman–Crippen LogP) is -4.84. The lowest BCUT2D eigenvalue weighted by molar-refractivity contribution is -0.156. The number of para-hydroxylation sites is 2. The number of hydrogen-bond donors (Lipinski definition) is 22. The summed E-state index contributed by atoms with van der Waals surface area (Å²) >= 11 is 0. The van der Waals surface area contributed by atoms with Gasteiger partial charge in [-0.05, 0) is 75.8 Å². The van der Waals surface area contributed by atoms with Crippen LogP contribution in [0.15, 0.2) is 54.7 Å². The first-order chi connectivity index (χ1) is 55.9. The molecule has 0 radical (unpaired) electrons. The molecule has 0 bridgehead atoms. The van der Waals surface area contributed by atoms with Gasteiger partial charge in [-0.15, -0.1) is 0 Å². The van der Waals surface area contributed by atoms with E-state index in [1.165, 1.54) is 24.3 Å². The number of anilines is 1. The number of rotatable bonds is 28. The number of primary amides is 1. The number of H-pyrrole nitrogens is 1. The van der Waals surface area contributed by atoms with Crippen LogP contribution < -0.4 is 86.3 Å². The maximum atomic E-state index is 14.9. The Morgan fingerprint density at radius 2 is 1.05 bits per heavy atom. The Bertz CT molecular complexity index is 4140. The Kier molecular flexibility index (Phi) is 39.0. The van der Waals surface area contributed by atoms with Crippen LogP contribution in [0.1, 0.15) is 159 Å². The molecule has 14 amide bonds. The van der Waals surface area contributed by atoms with Gasteiger partial charge in [0.05, 0.1) is 51.8 Å². The topological polar surface area (TPSA) is 702 Å². The minimum atomic E-state index is -2.45. The Morgan fingerprint density at radius 1 is 0.534 bits per heavy atom. The first kappa shape index (κ1) is 95.9. The summed E-state index contributed by atoms with van der Waals surface area (Å²) in [5.41, 5.74) is 18.2. The van der Waals surface area contributed by atoms with Crippen molar-refractivity contribution in [2.24, 2.45) is 23.3 Å². The van der Waals surface area contributed by atoms with Gasteiger partial charge < -0.3 is 122 Å². The van der Waals surface area contributed by atoms with E-state index in [9.17, 15) is 121 Å². The SMILES string of the molecule is C[C@H](CC(=O)O)[C@@H]1NC(=O)[C@@H](CO)NC(=O)CNC(=O)[C@H](CC(=O)O)NC(=O)[C@@H](C)NC(=O)[C@H](CC(=O)O)NC(=O)[C@H](CCCN)NC(=O)CNC(=O)[C@@H](NC(=O)[C@H](CC(=O)O)NC(=O)[C@@H](CC(N)=O)NC(=O)[C@H](Cc2c[nH]c3ccccc23)NC(=O)C2CCCCCCCCCCC2)[C@@H](C)OC(=O)[C@H](CC(=O)c2ccccc2N)NC1=O. The van der Waals surface area contributed by atoms with Crippen LogP contribution in [0, 0.1) is 11.8 Å². The first-order valence-electron chi connectivity index (χ1n) is 38.4. The molecule has 1 saturated carbocycles. The normalized spacial score (nSPS) is 22.5. The van der Waals surface area contributed by atoms with Crippen molar-refractivity contribution in [2.75, 3.05) is 32.0 Å². The summed E-state index contributed by atoms with van der Waals surface area (Å²) < 4.78 is 5.71. The predicted molar refractivity (Wildman–Crippen MR) is 412 cm³/mol. The number of carbonyl (C=O) groups excluding carboxylic acids is 16. The van der Waals surface area contributed by atoms with E-state index in [1.54, 1.807) is 30.5 Å². The zero-order chi connectivity index (χ0) is 87.5. The second kappa shape index (κ2) is 48.0. The fourth-order valence-corrected chi connectivity index (χ4v) is 12.9. The molecule has 118 heavy (non-hydrogen) atoms. The summed E-state index contributed by atoms with van der Waals surface area (Å²) in [5, 5.41) is 79.2. The number of ketones is 1. The van der Waals surface area contributed by atoms with Crippen molar-refractivity contribution in [1.82, 2.24) is 74.1 Å². The number of aromatic nitrogens is 1. The quantitative estimate of drug-likeness (QED) is 0.0184. The highest BCUT2D eigenvalue weighted by atomic mass is 16.5. The van der Waals surface area contributed by atoms with E-state index < -0.39 is 267 Å². The van der Waals surface area contributed by atoms with Crippen molar-refractivity contribution in [2.45, 2.75) is 222 Å². The lowest BCUT2D eigenvalue weighted by Gasteiger charge is -2.30. The first-order valence-corrected chi connectivity index (χ1v) is 38.4. The number of nitrogens with two attached hydrogens (primary N) is 3. The van der Waals surface area contributed by atoms with E-state index in [0.29, 0.717) is 29.3 Å². The highest BCUT2D eigenvalue weighted by Crippen LogP contribution is 2.25. The van der Waals surface area contributed by atoms with Gasteiger partial charge in [0, 0.05) is 47.1 Å². The van der Waals surface area contributed by atoms with Crippen LogP contribution in [0.25, 0.3) is 10.9 Å². The van der Waals surface area contributed by atoms with Crippen molar-refractivity contribution in [3.05, 3.63) is 65.9 Å². The fraction of sp³-hybridized carbons (Fsp3) is 0.547. The van der Waals surface area contributed by atoms with Gasteiger partial charge in [-0.2, -0.15) is 0 Å². The molecule has 3 aromatic rings. The molecule has 43 heteroatoms. The number of carbonyl (C=O) groups is 20. The minimum absolute atomic E-state index is 0.0926. The number of nitrogen functional groups attached to an aromatic ring is 1. The number of cyclic esters (lactones) is 1. The zero-order valence-corrected chi connectivity index (χ0v) is 65.3. The van der Waals surface area contributed by atoms with Crippen molar-refractivity contribution in [3.8, 4) is 0 Å². The molecule has 2 aliphatic rings. The molecule has 13 atom stereocenters. The molecule has 2 fully saturated rings. The number of nitrogens with one attached hydrogen (secondary N) is 14. The number of fused-ring (bicyclic) bond motifs is 1. The second-order valence-corrected chi connectivity index (χ2v) is 28.8. The number of benzene rings is 2. The van der Waals surface area contributed by atoms with Crippen LogP contribution in [0.3, 0.4) is 0 Å². The number of aliphatic hydroxyl groups excluding tert-OH is 1. The molecule has 1 aliphatic heterocycles. The minimum Gasteiger partial charge on any atom is -0.481 e. The number of aromatic amines is 1. The number of esters is 1. The van der Waals surface area contributed by atoms with Gasteiger partial charge in [-0.3, -0.25) is 91.1 Å². The maximum absolute atomic E-state index is 14.9. The molecule has 5 rings (SSSR count). The van der Waals surface area contributed by atoms with Crippen LogP contribution in [0.5, 0.6) is 0 Å². The van der Waals surface area contributed by atoms with Crippen LogP contribution in [-0.4, -0.2) is 248 Å². The summed E-state index contributed by atoms with van der Waals surface area (Å²) in [6, 6.07) is -10.5. The molecule has 2 aromatic carbocycles. The second-order valence-electron chi connectivity index (χ2n) is 28.8. The number of aliphatic carboxylic acids is 4. The summed E-state index contributed by atoms with van der Waals surface area (Å²) in [7, 11) is 0. The Labute approximate surface area is 675 Å². The highest BCUT2D eigenvalue weighted by molar-refractivity contribution is 6.05. The molecule has 1 aliphatic carbocycles. The van der Waals surface area contributed by atoms with Crippen LogP contribution in [-0.2, 0) is 102 Å². The van der Waals surface area contributed by atoms with Crippen LogP contribution in [0.2, 0.25) is 0 Å². The number of carboxylic acid groups (broad SMARTS) is 4. The Hall–Kier alpha value is -12.7. The van der Waals surface area contributed by atoms with Gasteiger partial charge in [-0.1, -0.05) is 95.0 Å². The van der Waals surface area contributed by atoms with E-state index in [-0.39, 0.29) is 30.6 Å². The Balaban J connectivity index is 1.61. The van der Waals surface area contributed by atoms with Crippen molar-refractivity contribution in [1.29, 1.82) is 0 Å². The lowest BCUT2D eigenvalue weighted by Crippen LogP contribution is -2.62.